The largest absolute Gasteiger partial charge is 0.494 e. The van der Waals surface area contributed by atoms with Gasteiger partial charge in [-0.25, -0.2) is 4.98 Å². The van der Waals surface area contributed by atoms with Gasteiger partial charge in [-0.1, -0.05) is 35.3 Å². The van der Waals surface area contributed by atoms with E-state index in [-0.39, 0.29) is 33.4 Å². The van der Waals surface area contributed by atoms with E-state index in [4.69, 9.17) is 27.9 Å². The van der Waals surface area contributed by atoms with Crippen LogP contribution in [0.3, 0.4) is 0 Å². The van der Waals surface area contributed by atoms with Crippen LogP contribution in [0.4, 0.5) is 11.5 Å². The minimum absolute atomic E-state index is 0.0758. The van der Waals surface area contributed by atoms with Gasteiger partial charge < -0.3 is 20.4 Å². The van der Waals surface area contributed by atoms with Gasteiger partial charge in [-0.2, -0.15) is 0 Å². The van der Waals surface area contributed by atoms with Gasteiger partial charge in [-0.15, -0.1) is 0 Å². The van der Waals surface area contributed by atoms with Crippen LogP contribution >= 0.6 is 23.2 Å². The standard InChI is InChI=1S/C25H18Cl2N4O4/c1-35-20-12-17(27)11-19(25(34)30-21-9-8-16(26)13-29-21)22(20)31-23(32)15-6-4-14(5-7-15)18-3-2-10-28-24(18)33/h2-13H,1H3,(H,28,33)(H,31,32)(H,29,30,34). The number of aromatic amines is 1. The number of benzene rings is 2. The fourth-order valence-corrected chi connectivity index (χ4v) is 3.64. The maximum Gasteiger partial charge on any atom is 0.259 e. The lowest BCUT2D eigenvalue weighted by Crippen LogP contribution is -2.19. The molecule has 3 N–H and O–H groups in total. The number of aromatic nitrogens is 2. The zero-order chi connectivity index (χ0) is 24.9. The first kappa shape index (κ1) is 24.0. The number of H-pyrrole nitrogens is 1. The number of amides is 2. The summed E-state index contributed by atoms with van der Waals surface area (Å²) in [4.78, 5) is 44.7. The van der Waals surface area contributed by atoms with Crippen molar-refractivity contribution >= 4 is 46.5 Å². The second-order valence-electron chi connectivity index (χ2n) is 7.29. The van der Waals surface area contributed by atoms with Gasteiger partial charge in [-0.05, 0) is 48.0 Å². The second-order valence-corrected chi connectivity index (χ2v) is 8.16. The van der Waals surface area contributed by atoms with Gasteiger partial charge in [0, 0.05) is 34.6 Å². The molecule has 2 aromatic heterocycles. The quantitative estimate of drug-likeness (QED) is 0.328. The van der Waals surface area contributed by atoms with Gasteiger partial charge >= 0.3 is 0 Å². The van der Waals surface area contributed by atoms with E-state index in [1.165, 1.54) is 25.4 Å². The summed E-state index contributed by atoms with van der Waals surface area (Å²) in [7, 11) is 1.40. The van der Waals surface area contributed by atoms with E-state index >= 15 is 0 Å². The van der Waals surface area contributed by atoms with Crippen LogP contribution in [-0.4, -0.2) is 28.9 Å². The molecule has 0 atom stereocenters. The van der Waals surface area contributed by atoms with Crippen LogP contribution < -0.4 is 20.9 Å². The summed E-state index contributed by atoms with van der Waals surface area (Å²) in [5.41, 5.74) is 1.42. The Labute approximate surface area is 209 Å². The highest BCUT2D eigenvalue weighted by molar-refractivity contribution is 6.32. The number of anilines is 2. The Kier molecular flexibility index (Phi) is 7.14. The van der Waals surface area contributed by atoms with E-state index in [1.807, 2.05) is 0 Å². The maximum absolute atomic E-state index is 13.0. The first-order chi connectivity index (χ1) is 16.9. The van der Waals surface area contributed by atoms with E-state index in [0.717, 1.165) is 0 Å². The molecule has 0 unspecified atom stereocenters. The predicted octanol–water partition coefficient (Wildman–Crippen LogP) is 5.26. The third-order valence-corrected chi connectivity index (χ3v) is 5.46. The normalized spacial score (nSPS) is 10.5. The molecule has 10 heteroatoms. The minimum atomic E-state index is -0.561. The number of carbonyl (C=O) groups excluding carboxylic acids is 2. The number of ether oxygens (including phenoxy) is 1. The van der Waals surface area contributed by atoms with Crippen molar-refractivity contribution in [3.05, 3.63) is 105 Å². The van der Waals surface area contributed by atoms with E-state index in [0.29, 0.717) is 21.7 Å². The number of hydrogen-bond donors (Lipinski definition) is 3. The minimum Gasteiger partial charge on any atom is -0.494 e. The summed E-state index contributed by atoms with van der Waals surface area (Å²) in [5.74, 6) is -0.581. The Bertz CT molecular complexity index is 1450. The molecule has 0 saturated carbocycles. The van der Waals surface area contributed by atoms with Gasteiger partial charge in [0.1, 0.15) is 11.6 Å². The molecule has 35 heavy (non-hydrogen) atoms. The Balaban J connectivity index is 1.62. The summed E-state index contributed by atoms with van der Waals surface area (Å²) in [5, 5.41) is 6.03. The molecule has 4 rings (SSSR count). The van der Waals surface area contributed by atoms with Crippen LogP contribution in [0.1, 0.15) is 20.7 Å². The van der Waals surface area contributed by atoms with Crippen molar-refractivity contribution in [3.8, 4) is 16.9 Å². The first-order valence-electron chi connectivity index (χ1n) is 10.3. The van der Waals surface area contributed by atoms with Gasteiger partial charge in [0.15, 0.2) is 0 Å². The first-order valence-corrected chi connectivity index (χ1v) is 11.0. The third kappa shape index (κ3) is 5.51. The molecular weight excluding hydrogens is 491 g/mol. The van der Waals surface area contributed by atoms with E-state index in [9.17, 15) is 14.4 Å². The molecule has 0 aliphatic heterocycles. The third-order valence-electron chi connectivity index (χ3n) is 5.02. The Morgan fingerprint density at radius 3 is 2.37 bits per heavy atom. The number of nitrogens with zero attached hydrogens (tertiary/aromatic N) is 1. The molecule has 2 heterocycles. The number of nitrogens with one attached hydrogen (secondary N) is 3. The molecule has 4 aromatic rings. The Morgan fingerprint density at radius 2 is 1.71 bits per heavy atom. The zero-order valence-corrected chi connectivity index (χ0v) is 19.8. The fraction of sp³-hybridized carbons (Fsp3) is 0.0400. The van der Waals surface area contributed by atoms with Crippen LogP contribution in [-0.2, 0) is 0 Å². The van der Waals surface area contributed by atoms with Crippen LogP contribution in [0.2, 0.25) is 10.0 Å². The molecule has 0 fully saturated rings. The van der Waals surface area contributed by atoms with Crippen LogP contribution in [0.5, 0.6) is 5.75 Å². The molecule has 0 saturated heterocycles. The van der Waals surface area contributed by atoms with Crippen molar-refractivity contribution in [2.45, 2.75) is 0 Å². The lowest BCUT2D eigenvalue weighted by molar-refractivity contribution is 0.102. The second kappa shape index (κ2) is 10.4. The average Bonchev–Trinajstić information content (AvgIpc) is 2.86. The molecule has 0 radical (unpaired) electrons. The molecule has 8 nitrogen and oxygen atoms in total. The number of methoxy groups -OCH3 is 1. The highest BCUT2D eigenvalue weighted by atomic mass is 35.5. The number of carbonyl (C=O) groups is 2. The van der Waals surface area contributed by atoms with Crippen molar-refractivity contribution in [1.29, 1.82) is 0 Å². The average molecular weight is 509 g/mol. The smallest absolute Gasteiger partial charge is 0.259 e. The van der Waals surface area contributed by atoms with E-state index in [2.05, 4.69) is 20.6 Å². The van der Waals surface area contributed by atoms with Crippen LogP contribution in [0, 0.1) is 0 Å². The van der Waals surface area contributed by atoms with Crippen molar-refractivity contribution in [3.63, 3.8) is 0 Å². The van der Waals surface area contributed by atoms with Crippen molar-refractivity contribution < 1.29 is 14.3 Å². The molecular formula is C25H18Cl2N4O4. The summed E-state index contributed by atoms with van der Waals surface area (Å²) >= 11 is 12.0. The predicted molar refractivity (Wildman–Crippen MR) is 136 cm³/mol. The summed E-state index contributed by atoms with van der Waals surface area (Å²) in [6.07, 6.45) is 2.94. The number of rotatable bonds is 6. The van der Waals surface area contributed by atoms with E-state index < -0.39 is 11.8 Å². The highest BCUT2D eigenvalue weighted by Crippen LogP contribution is 2.33. The molecule has 0 spiro atoms. The molecule has 0 aliphatic rings. The topological polar surface area (TPSA) is 113 Å². The number of halogens is 2. The SMILES string of the molecule is COc1cc(Cl)cc(C(=O)Nc2ccc(Cl)cn2)c1NC(=O)c1ccc(-c2ccc[nH]c2=O)cc1. The van der Waals surface area contributed by atoms with E-state index in [1.54, 1.807) is 54.7 Å². The van der Waals surface area contributed by atoms with Crippen molar-refractivity contribution in [2.24, 2.45) is 0 Å². The molecule has 2 amide bonds. The highest BCUT2D eigenvalue weighted by Gasteiger charge is 2.21. The van der Waals surface area contributed by atoms with Crippen LogP contribution in [0.15, 0.2) is 77.9 Å². The van der Waals surface area contributed by atoms with Crippen molar-refractivity contribution in [1.82, 2.24) is 9.97 Å². The maximum atomic E-state index is 13.0. The summed E-state index contributed by atoms with van der Waals surface area (Å²) in [6, 6.07) is 15.9. The molecule has 2 aromatic carbocycles. The lowest BCUT2D eigenvalue weighted by Gasteiger charge is -2.16. The Hall–Kier alpha value is -4.14. The molecule has 0 aliphatic carbocycles. The van der Waals surface area contributed by atoms with Gasteiger partial charge in [-0.3, -0.25) is 14.4 Å². The summed E-state index contributed by atoms with van der Waals surface area (Å²) < 4.78 is 5.36. The zero-order valence-electron chi connectivity index (χ0n) is 18.3. The fourth-order valence-electron chi connectivity index (χ4n) is 3.32. The van der Waals surface area contributed by atoms with Gasteiger partial charge in [0.25, 0.3) is 17.4 Å². The van der Waals surface area contributed by atoms with Gasteiger partial charge in [0.05, 0.1) is 23.4 Å². The summed E-state index contributed by atoms with van der Waals surface area (Å²) in [6.45, 7) is 0. The number of pyridine rings is 2. The lowest BCUT2D eigenvalue weighted by atomic mass is 10.0. The molecule has 176 valence electrons. The van der Waals surface area contributed by atoms with Crippen molar-refractivity contribution in [2.75, 3.05) is 17.7 Å². The molecule has 0 bridgehead atoms. The Morgan fingerprint density at radius 1 is 0.943 bits per heavy atom. The van der Waals surface area contributed by atoms with Gasteiger partial charge in [0.2, 0.25) is 0 Å². The monoisotopic (exact) mass is 508 g/mol. The number of hydrogen-bond acceptors (Lipinski definition) is 5. The van der Waals surface area contributed by atoms with Crippen LogP contribution in [0.25, 0.3) is 11.1 Å².